The Kier molecular flexibility index (Phi) is 3.36. The van der Waals surface area contributed by atoms with Gasteiger partial charge < -0.3 is 9.84 Å². The van der Waals surface area contributed by atoms with E-state index in [0.29, 0.717) is 6.54 Å². The number of nitrogens with one attached hydrogen (secondary N) is 1. The molecule has 1 heterocycles. The van der Waals surface area contributed by atoms with Gasteiger partial charge in [-0.25, -0.2) is 0 Å². The Hall–Kier alpha value is -0.900. The van der Waals surface area contributed by atoms with Crippen LogP contribution in [0, 0.1) is 11.8 Å². The molecule has 1 aliphatic carbocycles. The molecule has 0 radical (unpaired) electrons. The van der Waals surface area contributed by atoms with E-state index in [0.717, 1.165) is 30.0 Å². The molecule has 0 aliphatic heterocycles. The fourth-order valence-corrected chi connectivity index (χ4v) is 2.36. The van der Waals surface area contributed by atoms with E-state index in [1.54, 1.807) is 0 Å². The molecule has 0 amide bonds. The maximum Gasteiger partial charge on any atom is 0.226 e. The van der Waals surface area contributed by atoms with Crippen molar-refractivity contribution in [3.05, 3.63) is 11.7 Å². The topological polar surface area (TPSA) is 51.0 Å². The third-order valence-corrected chi connectivity index (χ3v) is 3.11. The van der Waals surface area contributed by atoms with Gasteiger partial charge in [0.2, 0.25) is 5.89 Å². The van der Waals surface area contributed by atoms with Gasteiger partial charge in [0.15, 0.2) is 5.82 Å². The van der Waals surface area contributed by atoms with Crippen molar-refractivity contribution in [2.75, 3.05) is 7.05 Å². The molecule has 1 saturated carbocycles. The Labute approximate surface area is 90.4 Å². The van der Waals surface area contributed by atoms with Crippen LogP contribution in [0.4, 0.5) is 0 Å². The number of hydrogen-bond acceptors (Lipinski definition) is 4. The number of hydrogen-bond donors (Lipinski definition) is 1. The van der Waals surface area contributed by atoms with Gasteiger partial charge in [-0.15, -0.1) is 0 Å². The van der Waals surface area contributed by atoms with Crippen LogP contribution in [0.2, 0.25) is 0 Å². The molecule has 2 unspecified atom stereocenters. The second kappa shape index (κ2) is 4.75. The molecule has 4 heteroatoms. The van der Waals surface area contributed by atoms with Crippen LogP contribution in [-0.4, -0.2) is 17.2 Å². The predicted octanol–water partition coefficient (Wildman–Crippen LogP) is 1.77. The zero-order valence-corrected chi connectivity index (χ0v) is 9.49. The lowest BCUT2D eigenvalue weighted by atomic mass is 10.0. The van der Waals surface area contributed by atoms with E-state index in [4.69, 9.17) is 4.52 Å². The van der Waals surface area contributed by atoms with Crippen molar-refractivity contribution < 1.29 is 4.52 Å². The monoisotopic (exact) mass is 209 g/mol. The summed E-state index contributed by atoms with van der Waals surface area (Å²) in [5.41, 5.74) is 0. The zero-order valence-electron chi connectivity index (χ0n) is 9.49. The number of nitrogens with zero attached hydrogens (tertiary/aromatic N) is 2. The summed E-state index contributed by atoms with van der Waals surface area (Å²) < 4.78 is 5.21. The Morgan fingerprint density at radius 2 is 2.33 bits per heavy atom. The highest BCUT2D eigenvalue weighted by Gasteiger charge is 2.23. The van der Waals surface area contributed by atoms with Crippen molar-refractivity contribution in [3.8, 4) is 0 Å². The number of rotatable bonds is 4. The summed E-state index contributed by atoms with van der Waals surface area (Å²) in [6, 6.07) is 0. The lowest BCUT2D eigenvalue weighted by Crippen LogP contribution is -2.07. The maximum atomic E-state index is 5.21. The van der Waals surface area contributed by atoms with Crippen LogP contribution < -0.4 is 5.32 Å². The van der Waals surface area contributed by atoms with Gasteiger partial charge in [0.25, 0.3) is 0 Å². The minimum atomic E-state index is 0.685. The zero-order chi connectivity index (χ0) is 10.7. The van der Waals surface area contributed by atoms with E-state index in [1.807, 2.05) is 7.05 Å². The first-order valence-corrected chi connectivity index (χ1v) is 5.74. The Morgan fingerprint density at radius 3 is 3.00 bits per heavy atom. The van der Waals surface area contributed by atoms with Crippen molar-refractivity contribution in [3.63, 3.8) is 0 Å². The lowest BCUT2D eigenvalue weighted by molar-refractivity contribution is 0.347. The standard InChI is InChI=1S/C11H19N3O/c1-8-3-4-9(5-8)6-11-13-10(7-12-2)14-15-11/h8-9,12H,3-7H2,1-2H3. The lowest BCUT2D eigenvalue weighted by Gasteiger charge is -2.04. The molecule has 1 aromatic rings. The number of aromatic nitrogens is 2. The second-order valence-corrected chi connectivity index (χ2v) is 4.62. The quantitative estimate of drug-likeness (QED) is 0.821. The van der Waals surface area contributed by atoms with Crippen molar-refractivity contribution >= 4 is 0 Å². The van der Waals surface area contributed by atoms with Crippen molar-refractivity contribution in [1.82, 2.24) is 15.5 Å². The molecule has 1 N–H and O–H groups in total. The summed E-state index contributed by atoms with van der Waals surface area (Å²) >= 11 is 0. The highest BCUT2D eigenvalue weighted by Crippen LogP contribution is 2.32. The average molecular weight is 209 g/mol. The fraction of sp³-hybridized carbons (Fsp3) is 0.818. The van der Waals surface area contributed by atoms with Crippen LogP contribution in [0.25, 0.3) is 0 Å². The van der Waals surface area contributed by atoms with E-state index >= 15 is 0 Å². The van der Waals surface area contributed by atoms with Crippen LogP contribution in [0.3, 0.4) is 0 Å². The van der Waals surface area contributed by atoms with Gasteiger partial charge in [0, 0.05) is 6.42 Å². The van der Waals surface area contributed by atoms with Crippen LogP contribution in [0.15, 0.2) is 4.52 Å². The second-order valence-electron chi connectivity index (χ2n) is 4.62. The van der Waals surface area contributed by atoms with Gasteiger partial charge in [-0.3, -0.25) is 0 Å². The van der Waals surface area contributed by atoms with Crippen molar-refractivity contribution in [2.24, 2.45) is 11.8 Å². The predicted molar refractivity (Wildman–Crippen MR) is 57.3 cm³/mol. The molecule has 2 atom stereocenters. The van der Waals surface area contributed by atoms with Gasteiger partial charge in [-0.2, -0.15) is 4.98 Å². The highest BCUT2D eigenvalue weighted by atomic mass is 16.5. The first-order chi connectivity index (χ1) is 7.28. The van der Waals surface area contributed by atoms with Gasteiger partial charge in [0.1, 0.15) is 0 Å². The molecule has 0 spiro atoms. The van der Waals surface area contributed by atoms with E-state index in [9.17, 15) is 0 Å². The third kappa shape index (κ3) is 2.78. The summed E-state index contributed by atoms with van der Waals surface area (Å²) in [5, 5.41) is 6.93. The molecule has 84 valence electrons. The molecule has 15 heavy (non-hydrogen) atoms. The highest BCUT2D eigenvalue weighted by molar-refractivity contribution is 4.89. The van der Waals surface area contributed by atoms with Gasteiger partial charge in [0.05, 0.1) is 6.54 Å². The molecule has 1 aromatic heterocycles. The molecular formula is C11H19N3O. The molecular weight excluding hydrogens is 190 g/mol. The SMILES string of the molecule is CNCc1noc(CC2CCC(C)C2)n1. The normalized spacial score (nSPS) is 26.0. The van der Waals surface area contributed by atoms with E-state index in [-0.39, 0.29) is 0 Å². The van der Waals surface area contributed by atoms with Gasteiger partial charge in [-0.1, -0.05) is 18.5 Å². The van der Waals surface area contributed by atoms with E-state index in [1.165, 1.54) is 19.3 Å². The summed E-state index contributed by atoms with van der Waals surface area (Å²) in [6.07, 6.45) is 4.93. The summed E-state index contributed by atoms with van der Waals surface area (Å²) in [6.45, 7) is 3.00. The largest absolute Gasteiger partial charge is 0.339 e. The maximum absolute atomic E-state index is 5.21. The average Bonchev–Trinajstić information content (AvgIpc) is 2.78. The Balaban J connectivity index is 1.87. The molecule has 0 bridgehead atoms. The Morgan fingerprint density at radius 1 is 1.47 bits per heavy atom. The van der Waals surface area contributed by atoms with Gasteiger partial charge >= 0.3 is 0 Å². The third-order valence-electron chi connectivity index (χ3n) is 3.11. The van der Waals surface area contributed by atoms with Crippen LogP contribution in [-0.2, 0) is 13.0 Å². The first-order valence-electron chi connectivity index (χ1n) is 5.74. The smallest absolute Gasteiger partial charge is 0.226 e. The van der Waals surface area contributed by atoms with E-state index in [2.05, 4.69) is 22.4 Å². The van der Waals surface area contributed by atoms with Gasteiger partial charge in [-0.05, 0) is 31.7 Å². The van der Waals surface area contributed by atoms with Crippen LogP contribution in [0.5, 0.6) is 0 Å². The van der Waals surface area contributed by atoms with Crippen molar-refractivity contribution in [1.29, 1.82) is 0 Å². The molecule has 4 nitrogen and oxygen atoms in total. The first kappa shape index (κ1) is 10.6. The molecule has 0 saturated heterocycles. The fourth-order valence-electron chi connectivity index (χ4n) is 2.36. The molecule has 2 rings (SSSR count). The molecule has 1 aliphatic rings. The van der Waals surface area contributed by atoms with Crippen LogP contribution in [0.1, 0.15) is 37.9 Å². The minimum Gasteiger partial charge on any atom is -0.339 e. The minimum absolute atomic E-state index is 0.685. The van der Waals surface area contributed by atoms with Crippen LogP contribution >= 0.6 is 0 Å². The molecule has 1 fully saturated rings. The van der Waals surface area contributed by atoms with E-state index < -0.39 is 0 Å². The Bertz CT molecular complexity index is 311. The summed E-state index contributed by atoms with van der Waals surface area (Å²) in [4.78, 5) is 4.35. The van der Waals surface area contributed by atoms with Crippen molar-refractivity contribution in [2.45, 2.75) is 39.2 Å². The molecule has 0 aromatic carbocycles. The summed E-state index contributed by atoms with van der Waals surface area (Å²) in [5.74, 6) is 3.19. The summed E-state index contributed by atoms with van der Waals surface area (Å²) in [7, 11) is 1.88.